The number of nitrogens with zero attached hydrogens (tertiary/aromatic N) is 3. The van der Waals surface area contributed by atoms with Crippen molar-refractivity contribution in [2.75, 3.05) is 11.6 Å². The van der Waals surface area contributed by atoms with Gasteiger partial charge in [0.2, 0.25) is 5.43 Å². The lowest BCUT2D eigenvalue weighted by atomic mass is 9.67. The minimum Gasteiger partial charge on any atom is -0.502 e. The third-order valence-electron chi connectivity index (χ3n) is 10.4. The number of aromatic hydroxyl groups is 1. The third kappa shape index (κ3) is 3.11. The molecule has 2 saturated carbocycles. The molecule has 5 aliphatic rings. The predicted octanol–water partition coefficient (Wildman–Crippen LogP) is 4.65. The van der Waals surface area contributed by atoms with Crippen molar-refractivity contribution in [3.8, 4) is 5.75 Å². The summed E-state index contributed by atoms with van der Waals surface area (Å²) in [5, 5.41) is 13.1. The molecule has 3 heterocycles. The summed E-state index contributed by atoms with van der Waals surface area (Å²) in [6.07, 6.45) is 7.84. The number of benzene rings is 2. The second-order valence-corrected chi connectivity index (χ2v) is 12.2. The molecular weight excluding hydrogens is 500 g/mol. The van der Waals surface area contributed by atoms with Crippen LogP contribution >= 0.6 is 0 Å². The van der Waals surface area contributed by atoms with Gasteiger partial charge in [-0.05, 0) is 103 Å². The minimum atomic E-state index is -0.604. The summed E-state index contributed by atoms with van der Waals surface area (Å²) in [5.74, 6) is -0.701. The summed E-state index contributed by atoms with van der Waals surface area (Å²) in [6.45, 7) is 0.547. The fourth-order valence-corrected chi connectivity index (χ4v) is 8.80. The molecule has 1 saturated heterocycles. The van der Waals surface area contributed by atoms with E-state index in [0.29, 0.717) is 25.3 Å². The highest BCUT2D eigenvalue weighted by molar-refractivity contribution is 5.96. The normalized spacial score (nSPS) is 28.9. The van der Waals surface area contributed by atoms with E-state index in [1.54, 1.807) is 35.1 Å². The van der Waals surface area contributed by atoms with Crippen LogP contribution in [0.1, 0.15) is 70.9 Å². The van der Waals surface area contributed by atoms with Gasteiger partial charge in [-0.25, -0.2) is 8.78 Å². The van der Waals surface area contributed by atoms with E-state index in [4.69, 9.17) is 0 Å². The van der Waals surface area contributed by atoms with Crippen molar-refractivity contribution in [3.63, 3.8) is 0 Å². The predicted molar refractivity (Wildman–Crippen MR) is 140 cm³/mol. The first-order chi connectivity index (χ1) is 18.8. The number of hydrogen-bond acceptors (Lipinski definition) is 4. The molecule has 6 nitrogen and oxygen atoms in total. The molecule has 0 unspecified atom stereocenters. The topological polar surface area (TPSA) is 65.8 Å². The number of hydrogen-bond donors (Lipinski definition) is 1. The maximum absolute atomic E-state index is 14.5. The Hall–Kier alpha value is -3.68. The molecule has 3 fully saturated rings. The number of aromatic nitrogens is 1. The average molecular weight is 530 g/mol. The minimum absolute atomic E-state index is 0.0468. The number of fused-ring (bicyclic) bond motifs is 6. The largest absolute Gasteiger partial charge is 0.502 e. The van der Waals surface area contributed by atoms with Crippen molar-refractivity contribution < 1.29 is 18.7 Å². The summed E-state index contributed by atoms with van der Waals surface area (Å²) in [5.41, 5.74) is 2.97. The number of amides is 1. The fourth-order valence-electron chi connectivity index (χ4n) is 8.80. The number of rotatable bonds is 1. The number of piperidine rings is 1. The Labute approximate surface area is 224 Å². The molecule has 2 aliphatic heterocycles. The van der Waals surface area contributed by atoms with E-state index in [-0.39, 0.29) is 40.7 Å². The zero-order valence-corrected chi connectivity index (χ0v) is 21.4. The first-order valence-electron chi connectivity index (χ1n) is 14.0. The molecule has 1 N–H and O–H groups in total. The van der Waals surface area contributed by atoms with Gasteiger partial charge in [0.15, 0.2) is 11.4 Å². The van der Waals surface area contributed by atoms with E-state index in [0.717, 1.165) is 41.5 Å². The van der Waals surface area contributed by atoms with Crippen molar-refractivity contribution in [2.24, 2.45) is 17.3 Å². The Kier molecular flexibility index (Phi) is 4.72. The van der Waals surface area contributed by atoms with Gasteiger partial charge in [-0.1, -0.05) is 12.1 Å². The molecule has 3 aromatic rings. The van der Waals surface area contributed by atoms with Crippen LogP contribution in [0.3, 0.4) is 0 Å². The van der Waals surface area contributed by atoms with Crippen molar-refractivity contribution in [2.45, 2.75) is 57.2 Å². The Bertz CT molecular complexity index is 1570. The van der Waals surface area contributed by atoms with Gasteiger partial charge in [0.25, 0.3) is 5.91 Å². The van der Waals surface area contributed by atoms with Gasteiger partial charge in [-0.3, -0.25) is 19.3 Å². The molecule has 8 rings (SSSR count). The van der Waals surface area contributed by atoms with Gasteiger partial charge in [0, 0.05) is 24.7 Å². The van der Waals surface area contributed by atoms with Gasteiger partial charge in [-0.15, -0.1) is 0 Å². The molecule has 1 aromatic heterocycles. The molecule has 1 amide bonds. The molecule has 8 heteroatoms. The van der Waals surface area contributed by atoms with Gasteiger partial charge < -0.3 is 10.0 Å². The lowest BCUT2D eigenvalue weighted by Gasteiger charge is -2.58. The SMILES string of the molecule is O=C1c2c(O)c(=O)ccn2N(C2c3ccc(F)cc3CCc3cc(F)ccc32)[C@@H]2[C@H]3C[C@@H]4CC[C@@]3(CCN12)C4. The Morgan fingerprint density at radius 1 is 0.923 bits per heavy atom. The summed E-state index contributed by atoms with van der Waals surface area (Å²) in [7, 11) is 0. The Morgan fingerprint density at radius 2 is 1.62 bits per heavy atom. The monoisotopic (exact) mass is 529 g/mol. The van der Waals surface area contributed by atoms with Crippen LogP contribution in [0.15, 0.2) is 53.5 Å². The molecule has 1 spiro atoms. The van der Waals surface area contributed by atoms with Gasteiger partial charge in [0.1, 0.15) is 17.8 Å². The molecule has 200 valence electrons. The van der Waals surface area contributed by atoms with Crippen LogP contribution in [0.2, 0.25) is 0 Å². The Balaban J connectivity index is 1.43. The van der Waals surface area contributed by atoms with E-state index >= 15 is 0 Å². The smallest absolute Gasteiger partial charge is 0.278 e. The highest BCUT2D eigenvalue weighted by Gasteiger charge is 2.62. The molecule has 39 heavy (non-hydrogen) atoms. The van der Waals surface area contributed by atoms with Gasteiger partial charge >= 0.3 is 0 Å². The van der Waals surface area contributed by atoms with E-state index in [1.165, 1.54) is 31.0 Å². The fraction of sp³-hybridized carbons (Fsp3) is 0.419. The summed E-state index contributed by atoms with van der Waals surface area (Å²) < 4.78 is 30.7. The summed E-state index contributed by atoms with van der Waals surface area (Å²) in [4.78, 5) is 28.4. The van der Waals surface area contributed by atoms with Crippen molar-refractivity contribution in [1.29, 1.82) is 0 Å². The van der Waals surface area contributed by atoms with E-state index < -0.39 is 17.2 Å². The highest BCUT2D eigenvalue weighted by Crippen LogP contribution is 2.64. The van der Waals surface area contributed by atoms with Crippen LogP contribution in [0.25, 0.3) is 0 Å². The molecule has 2 bridgehead atoms. The van der Waals surface area contributed by atoms with Crippen LogP contribution < -0.4 is 10.4 Å². The lowest BCUT2D eigenvalue weighted by Crippen LogP contribution is -2.69. The van der Waals surface area contributed by atoms with E-state index in [2.05, 4.69) is 5.01 Å². The maximum Gasteiger partial charge on any atom is 0.278 e. The average Bonchev–Trinajstić information content (AvgIpc) is 3.46. The van der Waals surface area contributed by atoms with Gasteiger partial charge in [-0.2, -0.15) is 0 Å². The van der Waals surface area contributed by atoms with E-state index in [9.17, 15) is 23.5 Å². The van der Waals surface area contributed by atoms with Crippen LogP contribution in [-0.4, -0.2) is 33.3 Å². The zero-order valence-electron chi connectivity index (χ0n) is 21.4. The van der Waals surface area contributed by atoms with Crippen LogP contribution in [0.5, 0.6) is 5.75 Å². The van der Waals surface area contributed by atoms with Crippen molar-refractivity contribution in [1.82, 2.24) is 9.58 Å². The number of pyridine rings is 1. The Morgan fingerprint density at radius 3 is 2.28 bits per heavy atom. The lowest BCUT2D eigenvalue weighted by molar-refractivity contribution is -0.0214. The zero-order chi connectivity index (χ0) is 26.6. The first-order valence-corrected chi connectivity index (χ1v) is 14.0. The molecule has 4 atom stereocenters. The summed E-state index contributed by atoms with van der Waals surface area (Å²) >= 11 is 0. The quantitative estimate of drug-likeness (QED) is 0.499. The van der Waals surface area contributed by atoms with Crippen LogP contribution in [0.4, 0.5) is 8.78 Å². The highest BCUT2D eigenvalue weighted by atomic mass is 19.1. The molecule has 0 radical (unpaired) electrons. The number of aryl methyl sites for hydroxylation is 2. The first kappa shape index (κ1) is 23.2. The second-order valence-electron chi connectivity index (χ2n) is 12.2. The van der Waals surface area contributed by atoms with Crippen molar-refractivity contribution >= 4 is 5.91 Å². The molecule has 2 aromatic carbocycles. The molecular formula is C31H29F2N3O3. The molecule has 3 aliphatic carbocycles. The van der Waals surface area contributed by atoms with Gasteiger partial charge in [0.05, 0.1) is 6.04 Å². The maximum atomic E-state index is 14.5. The van der Waals surface area contributed by atoms with Crippen LogP contribution in [0, 0.1) is 28.9 Å². The number of halogens is 2. The van der Waals surface area contributed by atoms with Crippen LogP contribution in [-0.2, 0) is 12.8 Å². The second kappa shape index (κ2) is 7.93. The number of carbonyl (C=O) groups excluding carboxylic acids is 1. The number of carbonyl (C=O) groups is 1. The van der Waals surface area contributed by atoms with Crippen molar-refractivity contribution in [3.05, 3.63) is 98.5 Å². The third-order valence-corrected chi connectivity index (χ3v) is 10.4. The standard InChI is InChI=1S/C31H29F2N3O3/c32-20-3-5-22-18(14-20)1-2-19-15-21(33)4-6-23(19)26(22)36-29-24-13-17-7-9-31(24,16-17)10-12-34(29)30(39)27-28(38)25(37)8-11-35(27)36/h3-6,8,11,14-15,17,24,26,29,38H,1-2,7,9-10,12-13,16H2/t17-,24+,29+,31+/m0/s1. The summed E-state index contributed by atoms with van der Waals surface area (Å²) in [6, 6.07) is 10.4. The van der Waals surface area contributed by atoms with E-state index in [1.807, 2.05) is 4.90 Å².